The molecule has 2 heterocycles. The van der Waals surface area contributed by atoms with Crippen LogP contribution < -0.4 is 0 Å². The third-order valence-corrected chi connectivity index (χ3v) is 9.18. The SMILES string of the molecule is [C-]#[N+]N=C1c2nc(-c3ccc(F)c(C(F)(F)F)c3)c(-c3ccc(F)c(C(F)(F)F)c3)nc2C(=NC#N)c2nc(-c3ccc(F)c(C(F)(F)F)c3)c(-c3ccc(F)c(C(F)(F)F)c3)nc21. The monoisotopic (exact) mass is 908 g/mol. The Morgan fingerprint density at radius 1 is 0.422 bits per heavy atom. The summed E-state index contributed by atoms with van der Waals surface area (Å²) in [5.41, 5.74) is -18.9. The smallest absolute Gasteiger partial charge is 0.241 e. The number of aliphatic imine (C=N–C) groups is 1. The van der Waals surface area contributed by atoms with E-state index in [0.29, 0.717) is 48.5 Å². The van der Waals surface area contributed by atoms with Crippen LogP contribution in [0.2, 0.25) is 0 Å². The Bertz CT molecular complexity index is 2690. The third-order valence-electron chi connectivity index (χ3n) is 9.18. The first kappa shape index (κ1) is 44.3. The highest BCUT2D eigenvalue weighted by Crippen LogP contribution is 2.43. The Hall–Kier alpha value is -7.76. The predicted octanol–water partition coefficient (Wildman–Crippen LogP) is 11.9. The highest BCUT2D eigenvalue weighted by molar-refractivity contribution is 6.29. The molecule has 1 aliphatic rings. The van der Waals surface area contributed by atoms with Crippen molar-refractivity contribution in [2.45, 2.75) is 24.7 Å². The Kier molecular flexibility index (Phi) is 10.8. The molecule has 324 valence electrons. The van der Waals surface area contributed by atoms with Crippen molar-refractivity contribution in [1.82, 2.24) is 19.9 Å². The van der Waals surface area contributed by atoms with Crippen LogP contribution in [0.1, 0.15) is 45.0 Å². The molecule has 2 aromatic heterocycles. The van der Waals surface area contributed by atoms with E-state index in [4.69, 9.17) is 6.57 Å². The molecule has 7 rings (SSSR count). The van der Waals surface area contributed by atoms with Crippen LogP contribution in [0.4, 0.5) is 70.2 Å². The van der Waals surface area contributed by atoms with Gasteiger partial charge < -0.3 is 0 Å². The molecule has 0 spiro atoms. The van der Waals surface area contributed by atoms with Crippen molar-refractivity contribution in [2.24, 2.45) is 10.1 Å². The average molecular weight is 909 g/mol. The molecular formula is C40H12F16N8. The number of halogens is 16. The third kappa shape index (κ3) is 8.05. The first-order valence-corrected chi connectivity index (χ1v) is 17.1. The zero-order chi connectivity index (χ0) is 46.8. The number of nitriles is 1. The van der Waals surface area contributed by atoms with Crippen LogP contribution in [0, 0.1) is 41.3 Å². The van der Waals surface area contributed by atoms with Gasteiger partial charge in [0.2, 0.25) is 11.9 Å². The molecule has 0 atom stereocenters. The van der Waals surface area contributed by atoms with Gasteiger partial charge in [0.1, 0.15) is 51.8 Å². The van der Waals surface area contributed by atoms with Gasteiger partial charge in [0.05, 0.1) is 50.1 Å². The molecule has 4 aromatic carbocycles. The molecule has 0 saturated heterocycles. The standard InChI is InChI=1S/C40H12F16N8/c1-58-64-36-34-32(60-27(15-2-6-23(41)19(10-15)37(45,46)47)29(62-34)17-4-8-25(43)21(12-17)39(51,52)53)31(59-14-57)33-35(36)63-30(18-5-9-26(44)22(13-18)40(54,55)56)28(61-33)16-3-7-24(42)20(11-16)38(48,49)50/h2-13H. The Balaban J connectivity index is 1.62. The maximum atomic E-state index is 14.5. The molecule has 6 aromatic rings. The summed E-state index contributed by atoms with van der Waals surface area (Å²) in [6.45, 7) is 7.53. The summed E-state index contributed by atoms with van der Waals surface area (Å²) in [6, 6.07) is 4.62. The van der Waals surface area contributed by atoms with E-state index in [1.165, 1.54) is 6.19 Å². The van der Waals surface area contributed by atoms with Gasteiger partial charge in [-0.1, -0.05) is 0 Å². The van der Waals surface area contributed by atoms with Crippen LogP contribution in [0.5, 0.6) is 0 Å². The molecule has 0 radical (unpaired) electrons. The van der Waals surface area contributed by atoms with Gasteiger partial charge in [-0.2, -0.15) is 69.5 Å². The molecule has 24 heteroatoms. The van der Waals surface area contributed by atoms with Crippen molar-refractivity contribution in [1.29, 1.82) is 5.26 Å². The van der Waals surface area contributed by atoms with E-state index in [2.05, 4.69) is 35.0 Å². The lowest BCUT2D eigenvalue weighted by molar-refractivity contribution is -0.140. The topological polar surface area (TPSA) is 104 Å². The van der Waals surface area contributed by atoms with Crippen LogP contribution >= 0.6 is 0 Å². The molecule has 0 fully saturated rings. The lowest BCUT2D eigenvalue weighted by atomic mass is 9.92. The quantitative estimate of drug-likeness (QED) is 0.0757. The second-order valence-corrected chi connectivity index (χ2v) is 13.1. The van der Waals surface area contributed by atoms with Crippen LogP contribution in [-0.2, 0) is 24.7 Å². The fourth-order valence-corrected chi connectivity index (χ4v) is 6.42. The van der Waals surface area contributed by atoms with Crippen molar-refractivity contribution in [3.8, 4) is 51.2 Å². The van der Waals surface area contributed by atoms with Crippen molar-refractivity contribution in [2.75, 3.05) is 0 Å². The zero-order valence-corrected chi connectivity index (χ0v) is 30.6. The van der Waals surface area contributed by atoms with E-state index in [9.17, 15) is 75.5 Å². The fourth-order valence-electron chi connectivity index (χ4n) is 6.42. The van der Waals surface area contributed by atoms with Crippen molar-refractivity contribution >= 4 is 11.4 Å². The molecule has 64 heavy (non-hydrogen) atoms. The van der Waals surface area contributed by atoms with Crippen LogP contribution in [0.25, 0.3) is 50.0 Å². The molecular weight excluding hydrogens is 896 g/mol. The summed E-state index contributed by atoms with van der Waals surface area (Å²) in [6.07, 6.45) is -20.3. The minimum atomic E-state index is -5.40. The molecule has 8 nitrogen and oxygen atoms in total. The Morgan fingerprint density at radius 2 is 0.672 bits per heavy atom. The van der Waals surface area contributed by atoms with Gasteiger partial charge in [-0.15, -0.1) is 4.95 Å². The first-order valence-electron chi connectivity index (χ1n) is 17.1. The lowest BCUT2D eigenvalue weighted by Crippen LogP contribution is -2.29. The number of fused-ring (bicyclic) bond motifs is 2. The number of aromatic nitrogens is 4. The summed E-state index contributed by atoms with van der Waals surface area (Å²) in [5.74, 6) is -7.30. The van der Waals surface area contributed by atoms with Gasteiger partial charge in [0, 0.05) is 22.3 Å². The van der Waals surface area contributed by atoms with E-state index < -0.39 is 149 Å². The summed E-state index contributed by atoms with van der Waals surface area (Å²) in [4.78, 5) is 23.4. The summed E-state index contributed by atoms with van der Waals surface area (Å²) < 4.78 is 226. The van der Waals surface area contributed by atoms with Crippen LogP contribution in [-0.4, -0.2) is 31.4 Å². The number of alkyl halides is 12. The van der Waals surface area contributed by atoms with E-state index in [0.717, 1.165) is 0 Å². The number of hydrogen-bond acceptors (Lipinski definition) is 7. The Labute approximate surface area is 345 Å². The van der Waals surface area contributed by atoms with E-state index in [-0.39, 0.29) is 24.3 Å². The zero-order valence-electron chi connectivity index (χ0n) is 30.6. The highest BCUT2D eigenvalue weighted by Gasteiger charge is 2.41. The lowest BCUT2D eigenvalue weighted by Gasteiger charge is -2.23. The van der Waals surface area contributed by atoms with Gasteiger partial charge in [-0.05, 0) is 72.8 Å². The fraction of sp³-hybridized carbons (Fsp3) is 0.100. The normalized spacial score (nSPS) is 12.9. The van der Waals surface area contributed by atoms with Crippen molar-refractivity contribution < 1.29 is 70.2 Å². The second kappa shape index (κ2) is 15.5. The first-order chi connectivity index (χ1) is 29.8. The van der Waals surface area contributed by atoms with Gasteiger partial charge in [-0.3, -0.25) is 0 Å². The number of rotatable bonds is 4. The van der Waals surface area contributed by atoms with Crippen molar-refractivity contribution in [3.05, 3.63) is 153 Å². The van der Waals surface area contributed by atoms with Crippen LogP contribution in [0.15, 0.2) is 82.9 Å². The molecule has 0 aliphatic heterocycles. The maximum Gasteiger partial charge on any atom is 0.419 e. The number of nitrogens with zero attached hydrogens (tertiary/aromatic N) is 8. The van der Waals surface area contributed by atoms with Gasteiger partial charge in [-0.25, -0.2) is 37.5 Å². The van der Waals surface area contributed by atoms with E-state index in [1.54, 1.807) is 0 Å². The number of benzene rings is 4. The average Bonchev–Trinajstić information content (AvgIpc) is 3.20. The number of hydrogen-bond donors (Lipinski definition) is 0. The van der Waals surface area contributed by atoms with Crippen molar-refractivity contribution in [3.63, 3.8) is 0 Å². The summed E-state index contributed by atoms with van der Waals surface area (Å²) in [5, 5.41) is 13.4. The molecule has 0 unspecified atom stereocenters. The molecule has 0 saturated carbocycles. The Morgan fingerprint density at radius 3 is 0.891 bits per heavy atom. The molecule has 0 bridgehead atoms. The van der Waals surface area contributed by atoms with E-state index in [1.807, 2.05) is 0 Å². The summed E-state index contributed by atoms with van der Waals surface area (Å²) in [7, 11) is 0. The summed E-state index contributed by atoms with van der Waals surface area (Å²) >= 11 is 0. The van der Waals surface area contributed by atoms with E-state index >= 15 is 0 Å². The largest absolute Gasteiger partial charge is 0.419 e. The van der Waals surface area contributed by atoms with Crippen LogP contribution in [0.3, 0.4) is 0 Å². The van der Waals surface area contributed by atoms with Gasteiger partial charge in [0.15, 0.2) is 0 Å². The molecule has 1 aliphatic carbocycles. The second-order valence-electron chi connectivity index (χ2n) is 13.1. The maximum absolute atomic E-state index is 14.5. The highest BCUT2D eigenvalue weighted by atomic mass is 19.4. The molecule has 0 N–H and O–H groups in total. The van der Waals surface area contributed by atoms with Gasteiger partial charge in [0.25, 0.3) is 0 Å². The predicted molar refractivity (Wildman–Crippen MR) is 189 cm³/mol. The minimum absolute atomic E-state index is 0.171. The molecule has 0 amide bonds. The minimum Gasteiger partial charge on any atom is -0.241 e. The van der Waals surface area contributed by atoms with Gasteiger partial charge >= 0.3 is 24.7 Å².